The van der Waals surface area contributed by atoms with Crippen molar-refractivity contribution in [2.75, 3.05) is 20.1 Å². The molecule has 0 saturated carbocycles. The van der Waals surface area contributed by atoms with E-state index in [1.54, 1.807) is 6.20 Å². The Morgan fingerprint density at radius 1 is 1.56 bits per heavy atom. The van der Waals surface area contributed by atoms with Crippen LogP contribution < -0.4 is 10.6 Å². The van der Waals surface area contributed by atoms with Crippen molar-refractivity contribution in [1.29, 1.82) is 0 Å². The highest BCUT2D eigenvalue weighted by Crippen LogP contribution is 1.96. The van der Waals surface area contributed by atoms with Gasteiger partial charge in [0.2, 0.25) is 5.91 Å². The van der Waals surface area contributed by atoms with Gasteiger partial charge in [0.05, 0.1) is 0 Å². The first-order valence-corrected chi connectivity index (χ1v) is 5.55. The summed E-state index contributed by atoms with van der Waals surface area (Å²) in [5, 5.41) is 5.89. The van der Waals surface area contributed by atoms with Crippen LogP contribution in [0.15, 0.2) is 24.5 Å². The zero-order chi connectivity index (χ0) is 11.8. The molecule has 4 heteroatoms. The van der Waals surface area contributed by atoms with Gasteiger partial charge in [-0.05, 0) is 25.1 Å². The molecular weight excluding hydrogens is 202 g/mol. The summed E-state index contributed by atoms with van der Waals surface area (Å²) in [4.78, 5) is 15.6. The predicted octanol–water partition coefficient (Wildman–Crippen LogP) is 0.596. The summed E-state index contributed by atoms with van der Waals surface area (Å²) in [6.07, 6.45) is 4.39. The Hall–Kier alpha value is -1.42. The summed E-state index contributed by atoms with van der Waals surface area (Å²) in [6.45, 7) is 3.28. The van der Waals surface area contributed by atoms with Crippen molar-refractivity contribution in [1.82, 2.24) is 15.6 Å². The van der Waals surface area contributed by atoms with Crippen molar-refractivity contribution in [3.8, 4) is 0 Å². The highest BCUT2D eigenvalue weighted by molar-refractivity contribution is 5.78. The van der Waals surface area contributed by atoms with E-state index in [4.69, 9.17) is 0 Å². The number of nitrogens with zero attached hydrogens (tertiary/aromatic N) is 1. The number of carbonyl (C=O) groups excluding carboxylic acids is 1. The Morgan fingerprint density at radius 2 is 2.38 bits per heavy atom. The van der Waals surface area contributed by atoms with Crippen molar-refractivity contribution >= 4 is 5.91 Å². The normalized spacial score (nSPS) is 12.1. The van der Waals surface area contributed by atoms with Gasteiger partial charge in [-0.25, -0.2) is 0 Å². The molecule has 88 valence electrons. The highest BCUT2D eigenvalue weighted by Gasteiger charge is 2.10. The number of hydrogen-bond acceptors (Lipinski definition) is 3. The standard InChI is InChI=1S/C12H19N3O/c1-10(8-13-2)12(16)15-7-5-11-4-3-6-14-9-11/h3-4,6,9-10,13H,5,7-8H2,1-2H3,(H,15,16). The van der Waals surface area contributed by atoms with Crippen LogP contribution >= 0.6 is 0 Å². The second kappa shape index (κ2) is 6.95. The van der Waals surface area contributed by atoms with Crippen LogP contribution in [0.2, 0.25) is 0 Å². The summed E-state index contributed by atoms with van der Waals surface area (Å²) >= 11 is 0. The monoisotopic (exact) mass is 221 g/mol. The molecule has 0 aliphatic carbocycles. The van der Waals surface area contributed by atoms with Crippen LogP contribution in [0.5, 0.6) is 0 Å². The molecule has 2 N–H and O–H groups in total. The molecule has 0 aromatic carbocycles. The van der Waals surface area contributed by atoms with Gasteiger partial charge in [-0.1, -0.05) is 13.0 Å². The van der Waals surface area contributed by atoms with Crippen LogP contribution in [0.3, 0.4) is 0 Å². The largest absolute Gasteiger partial charge is 0.355 e. The van der Waals surface area contributed by atoms with Crippen LogP contribution in [0.4, 0.5) is 0 Å². The van der Waals surface area contributed by atoms with Crippen molar-refractivity contribution in [3.63, 3.8) is 0 Å². The molecule has 1 amide bonds. The van der Waals surface area contributed by atoms with E-state index in [9.17, 15) is 4.79 Å². The average Bonchev–Trinajstić information content (AvgIpc) is 2.30. The van der Waals surface area contributed by atoms with Gasteiger partial charge < -0.3 is 10.6 Å². The van der Waals surface area contributed by atoms with E-state index in [1.807, 2.05) is 32.3 Å². The van der Waals surface area contributed by atoms with Crippen LogP contribution in [0, 0.1) is 5.92 Å². The molecule has 16 heavy (non-hydrogen) atoms. The van der Waals surface area contributed by atoms with Crippen molar-refractivity contribution in [2.24, 2.45) is 5.92 Å². The summed E-state index contributed by atoms with van der Waals surface area (Å²) in [5.41, 5.74) is 1.14. The molecule has 0 radical (unpaired) electrons. The molecule has 0 fully saturated rings. The average molecular weight is 221 g/mol. The first-order valence-electron chi connectivity index (χ1n) is 5.55. The number of amides is 1. The van der Waals surface area contributed by atoms with E-state index in [2.05, 4.69) is 15.6 Å². The number of pyridine rings is 1. The number of aromatic nitrogens is 1. The van der Waals surface area contributed by atoms with E-state index in [0.29, 0.717) is 13.1 Å². The molecule has 0 saturated heterocycles. The lowest BCUT2D eigenvalue weighted by atomic mass is 10.1. The van der Waals surface area contributed by atoms with Gasteiger partial charge >= 0.3 is 0 Å². The SMILES string of the molecule is CNCC(C)C(=O)NCCc1cccnc1. The molecule has 4 nitrogen and oxygen atoms in total. The topological polar surface area (TPSA) is 54.0 Å². The molecule has 0 spiro atoms. The first-order chi connectivity index (χ1) is 7.74. The van der Waals surface area contributed by atoms with E-state index in [-0.39, 0.29) is 11.8 Å². The molecule has 1 heterocycles. The van der Waals surface area contributed by atoms with E-state index < -0.39 is 0 Å². The van der Waals surface area contributed by atoms with Crippen LogP contribution in [-0.2, 0) is 11.2 Å². The van der Waals surface area contributed by atoms with E-state index in [1.165, 1.54) is 0 Å². The van der Waals surface area contributed by atoms with Gasteiger partial charge in [0.1, 0.15) is 0 Å². The Morgan fingerprint density at radius 3 is 3.00 bits per heavy atom. The van der Waals surface area contributed by atoms with Crippen molar-refractivity contribution in [3.05, 3.63) is 30.1 Å². The molecule has 1 aromatic heterocycles. The van der Waals surface area contributed by atoms with Crippen LogP contribution in [-0.4, -0.2) is 31.0 Å². The third-order valence-corrected chi connectivity index (χ3v) is 2.39. The lowest BCUT2D eigenvalue weighted by Crippen LogP contribution is -2.35. The molecule has 1 aromatic rings. The van der Waals surface area contributed by atoms with Crippen molar-refractivity contribution < 1.29 is 4.79 Å². The summed E-state index contributed by atoms with van der Waals surface area (Å²) < 4.78 is 0. The fraction of sp³-hybridized carbons (Fsp3) is 0.500. The third-order valence-electron chi connectivity index (χ3n) is 2.39. The Labute approximate surface area is 96.5 Å². The van der Waals surface area contributed by atoms with Gasteiger partial charge in [0.25, 0.3) is 0 Å². The van der Waals surface area contributed by atoms with Gasteiger partial charge in [-0.3, -0.25) is 9.78 Å². The van der Waals surface area contributed by atoms with Gasteiger partial charge in [-0.15, -0.1) is 0 Å². The van der Waals surface area contributed by atoms with E-state index in [0.717, 1.165) is 12.0 Å². The molecule has 0 aliphatic rings. The minimum Gasteiger partial charge on any atom is -0.355 e. The maximum atomic E-state index is 11.6. The summed E-state index contributed by atoms with van der Waals surface area (Å²) in [5.74, 6) is 0.108. The second-order valence-corrected chi connectivity index (χ2v) is 3.86. The number of nitrogens with one attached hydrogen (secondary N) is 2. The maximum absolute atomic E-state index is 11.6. The fourth-order valence-electron chi connectivity index (χ4n) is 1.45. The lowest BCUT2D eigenvalue weighted by molar-refractivity contribution is -0.124. The van der Waals surface area contributed by atoms with Crippen LogP contribution in [0.1, 0.15) is 12.5 Å². The minimum atomic E-state index is 0.0129. The zero-order valence-electron chi connectivity index (χ0n) is 9.86. The quantitative estimate of drug-likeness (QED) is 0.739. The summed E-state index contributed by atoms with van der Waals surface area (Å²) in [7, 11) is 1.85. The molecule has 0 aliphatic heterocycles. The molecule has 1 unspecified atom stereocenters. The van der Waals surface area contributed by atoms with E-state index >= 15 is 0 Å². The van der Waals surface area contributed by atoms with Gasteiger partial charge in [-0.2, -0.15) is 0 Å². The molecule has 0 bridgehead atoms. The Kier molecular flexibility index (Phi) is 5.50. The van der Waals surface area contributed by atoms with Crippen LogP contribution in [0.25, 0.3) is 0 Å². The second-order valence-electron chi connectivity index (χ2n) is 3.86. The zero-order valence-corrected chi connectivity index (χ0v) is 9.86. The highest BCUT2D eigenvalue weighted by atomic mass is 16.1. The van der Waals surface area contributed by atoms with Gasteiger partial charge in [0, 0.05) is 31.4 Å². The maximum Gasteiger partial charge on any atom is 0.224 e. The third kappa shape index (κ3) is 4.40. The van der Waals surface area contributed by atoms with Gasteiger partial charge in [0.15, 0.2) is 0 Å². The minimum absolute atomic E-state index is 0.0129. The number of rotatable bonds is 6. The smallest absolute Gasteiger partial charge is 0.224 e. The fourth-order valence-corrected chi connectivity index (χ4v) is 1.45. The molecular formula is C12H19N3O. The Bertz CT molecular complexity index is 313. The predicted molar refractivity (Wildman–Crippen MR) is 64.0 cm³/mol. The molecule has 1 rings (SSSR count). The number of hydrogen-bond donors (Lipinski definition) is 2. The summed E-state index contributed by atoms with van der Waals surface area (Å²) in [6, 6.07) is 3.91. The van der Waals surface area contributed by atoms with Crippen molar-refractivity contribution in [2.45, 2.75) is 13.3 Å². The first kappa shape index (κ1) is 12.6. The lowest BCUT2D eigenvalue weighted by Gasteiger charge is -2.11. The molecule has 1 atom stereocenters. The Balaban J connectivity index is 2.23. The number of carbonyl (C=O) groups is 1.